The molecule has 0 unspecified atom stereocenters. The second-order valence-corrected chi connectivity index (χ2v) is 5.93. The van der Waals surface area contributed by atoms with Gasteiger partial charge in [-0.2, -0.15) is 0 Å². The molecule has 28 heavy (non-hydrogen) atoms. The van der Waals surface area contributed by atoms with Crippen molar-refractivity contribution in [3.05, 3.63) is 90.0 Å². The van der Waals surface area contributed by atoms with Crippen LogP contribution in [0.3, 0.4) is 0 Å². The van der Waals surface area contributed by atoms with E-state index < -0.39 is 5.91 Å². The van der Waals surface area contributed by atoms with Crippen LogP contribution >= 0.6 is 0 Å². The number of carbonyl (C=O) groups excluding carboxylic acids is 2. The largest absolute Gasteiger partial charge is 0.490 e. The third-order valence-electron chi connectivity index (χ3n) is 3.89. The SMILES string of the molecule is NC(=O)c1cccc(NC(=O)c2ccc(OCCOc3ccccc3)cc2)c1. The maximum absolute atomic E-state index is 12.3. The van der Waals surface area contributed by atoms with Crippen LogP contribution in [0.25, 0.3) is 0 Å². The van der Waals surface area contributed by atoms with E-state index in [2.05, 4.69) is 5.32 Å². The Morgan fingerprint density at radius 1 is 0.750 bits per heavy atom. The number of amides is 2. The molecular weight excluding hydrogens is 356 g/mol. The van der Waals surface area contributed by atoms with E-state index >= 15 is 0 Å². The molecule has 0 fully saturated rings. The van der Waals surface area contributed by atoms with E-state index in [-0.39, 0.29) is 5.91 Å². The molecule has 0 radical (unpaired) electrons. The normalized spacial score (nSPS) is 10.1. The highest BCUT2D eigenvalue weighted by Gasteiger charge is 2.08. The number of hydrogen-bond donors (Lipinski definition) is 2. The molecule has 0 saturated heterocycles. The minimum absolute atomic E-state index is 0.291. The first-order valence-corrected chi connectivity index (χ1v) is 8.74. The van der Waals surface area contributed by atoms with Crippen molar-refractivity contribution in [2.24, 2.45) is 5.73 Å². The van der Waals surface area contributed by atoms with Crippen LogP contribution in [0.5, 0.6) is 11.5 Å². The molecule has 3 aromatic carbocycles. The van der Waals surface area contributed by atoms with Gasteiger partial charge in [-0.15, -0.1) is 0 Å². The molecule has 142 valence electrons. The number of rotatable bonds is 8. The summed E-state index contributed by atoms with van der Waals surface area (Å²) in [5.41, 5.74) is 6.55. The van der Waals surface area contributed by atoms with Gasteiger partial charge >= 0.3 is 0 Å². The Balaban J connectivity index is 1.50. The van der Waals surface area contributed by atoms with Gasteiger partial charge in [0.05, 0.1) is 0 Å². The average molecular weight is 376 g/mol. The molecule has 3 rings (SSSR count). The molecule has 0 bridgehead atoms. The first kappa shape index (κ1) is 19.0. The van der Waals surface area contributed by atoms with Gasteiger partial charge in [-0.25, -0.2) is 0 Å². The van der Waals surface area contributed by atoms with Crippen molar-refractivity contribution < 1.29 is 19.1 Å². The van der Waals surface area contributed by atoms with Crippen LogP contribution in [0.1, 0.15) is 20.7 Å². The molecule has 2 amide bonds. The van der Waals surface area contributed by atoms with E-state index in [4.69, 9.17) is 15.2 Å². The summed E-state index contributed by atoms with van der Waals surface area (Å²) in [5.74, 6) is 0.594. The van der Waals surface area contributed by atoms with Gasteiger partial charge in [-0.05, 0) is 54.6 Å². The lowest BCUT2D eigenvalue weighted by molar-refractivity contribution is 0.0996. The Bertz CT molecular complexity index is 940. The summed E-state index contributed by atoms with van der Waals surface area (Å²) in [6.45, 7) is 0.808. The van der Waals surface area contributed by atoms with E-state index in [9.17, 15) is 9.59 Å². The quantitative estimate of drug-likeness (QED) is 0.589. The van der Waals surface area contributed by atoms with E-state index in [0.717, 1.165) is 5.75 Å². The number of benzene rings is 3. The van der Waals surface area contributed by atoms with Crippen LogP contribution < -0.4 is 20.5 Å². The summed E-state index contributed by atoms with van der Waals surface area (Å²) < 4.78 is 11.2. The van der Waals surface area contributed by atoms with Gasteiger partial charge < -0.3 is 20.5 Å². The second-order valence-electron chi connectivity index (χ2n) is 5.93. The average Bonchev–Trinajstić information content (AvgIpc) is 2.72. The maximum Gasteiger partial charge on any atom is 0.255 e. The predicted molar refractivity (Wildman–Crippen MR) is 107 cm³/mol. The highest BCUT2D eigenvalue weighted by atomic mass is 16.5. The number of anilines is 1. The fourth-order valence-electron chi connectivity index (χ4n) is 2.49. The molecule has 0 aromatic heterocycles. The molecule has 6 heteroatoms. The lowest BCUT2D eigenvalue weighted by Gasteiger charge is -2.09. The topological polar surface area (TPSA) is 90.7 Å². The van der Waals surface area contributed by atoms with Crippen molar-refractivity contribution in [2.45, 2.75) is 0 Å². The van der Waals surface area contributed by atoms with E-state index in [1.807, 2.05) is 30.3 Å². The maximum atomic E-state index is 12.3. The highest BCUT2D eigenvalue weighted by Crippen LogP contribution is 2.16. The van der Waals surface area contributed by atoms with Crippen molar-refractivity contribution in [1.29, 1.82) is 0 Å². The third-order valence-corrected chi connectivity index (χ3v) is 3.89. The van der Waals surface area contributed by atoms with E-state index in [0.29, 0.717) is 35.8 Å². The number of hydrogen-bond acceptors (Lipinski definition) is 4. The Kier molecular flexibility index (Phi) is 6.25. The van der Waals surface area contributed by atoms with Crippen LogP contribution in [0, 0.1) is 0 Å². The Hall–Kier alpha value is -3.80. The third kappa shape index (κ3) is 5.35. The first-order valence-electron chi connectivity index (χ1n) is 8.74. The zero-order valence-corrected chi connectivity index (χ0v) is 15.1. The van der Waals surface area contributed by atoms with Gasteiger partial charge in [-0.3, -0.25) is 9.59 Å². The predicted octanol–water partition coefficient (Wildman–Crippen LogP) is 3.50. The smallest absolute Gasteiger partial charge is 0.255 e. The molecule has 6 nitrogen and oxygen atoms in total. The lowest BCUT2D eigenvalue weighted by atomic mass is 10.1. The molecule has 0 atom stereocenters. The fourth-order valence-corrected chi connectivity index (χ4v) is 2.49. The van der Waals surface area contributed by atoms with Crippen LogP contribution in [0.15, 0.2) is 78.9 Å². The Labute approximate surface area is 162 Å². The first-order chi connectivity index (χ1) is 13.6. The molecule has 0 spiro atoms. The van der Waals surface area contributed by atoms with E-state index in [1.165, 1.54) is 6.07 Å². The standard InChI is InChI=1S/C22H20N2O4/c23-21(25)17-5-4-6-18(15-17)24-22(26)16-9-11-20(12-10-16)28-14-13-27-19-7-2-1-3-8-19/h1-12,15H,13-14H2,(H2,23,25)(H,24,26). The molecule has 0 aliphatic carbocycles. The summed E-state index contributed by atoms with van der Waals surface area (Å²) in [4.78, 5) is 23.6. The van der Waals surface area contributed by atoms with Crippen LogP contribution in [-0.2, 0) is 0 Å². The van der Waals surface area contributed by atoms with Crippen LogP contribution in [0.4, 0.5) is 5.69 Å². The van der Waals surface area contributed by atoms with Gasteiger partial charge in [0, 0.05) is 16.8 Å². The minimum atomic E-state index is -0.547. The summed E-state index contributed by atoms with van der Waals surface area (Å²) >= 11 is 0. The molecule has 0 heterocycles. The van der Waals surface area contributed by atoms with Crippen molar-refractivity contribution >= 4 is 17.5 Å². The second kappa shape index (κ2) is 9.23. The van der Waals surface area contributed by atoms with Crippen molar-refractivity contribution in [2.75, 3.05) is 18.5 Å². The van der Waals surface area contributed by atoms with Crippen LogP contribution in [0.2, 0.25) is 0 Å². The van der Waals surface area contributed by atoms with Gasteiger partial charge in [0.15, 0.2) is 0 Å². The van der Waals surface area contributed by atoms with Crippen molar-refractivity contribution in [3.8, 4) is 11.5 Å². The number of para-hydroxylation sites is 1. The van der Waals surface area contributed by atoms with E-state index in [1.54, 1.807) is 42.5 Å². The molecule has 0 aliphatic rings. The number of nitrogens with two attached hydrogens (primary N) is 1. The highest BCUT2D eigenvalue weighted by molar-refractivity contribution is 6.05. The fraction of sp³-hybridized carbons (Fsp3) is 0.0909. The van der Waals surface area contributed by atoms with Gasteiger partial charge in [-0.1, -0.05) is 24.3 Å². The zero-order chi connectivity index (χ0) is 19.8. The Morgan fingerprint density at radius 3 is 2.04 bits per heavy atom. The molecule has 3 N–H and O–H groups in total. The number of ether oxygens (including phenoxy) is 2. The van der Waals surface area contributed by atoms with Gasteiger partial charge in [0.1, 0.15) is 24.7 Å². The number of carbonyl (C=O) groups is 2. The summed E-state index contributed by atoms with van der Waals surface area (Å²) in [6.07, 6.45) is 0. The molecule has 0 saturated carbocycles. The minimum Gasteiger partial charge on any atom is -0.490 e. The summed E-state index contributed by atoms with van der Waals surface area (Å²) in [7, 11) is 0. The van der Waals surface area contributed by atoms with Crippen molar-refractivity contribution in [1.82, 2.24) is 0 Å². The lowest BCUT2D eigenvalue weighted by Crippen LogP contribution is -2.14. The van der Waals surface area contributed by atoms with Gasteiger partial charge in [0.25, 0.3) is 5.91 Å². The summed E-state index contributed by atoms with van der Waals surface area (Å²) in [5, 5.41) is 2.74. The molecular formula is C22H20N2O4. The number of primary amides is 1. The number of nitrogens with one attached hydrogen (secondary N) is 1. The monoisotopic (exact) mass is 376 g/mol. The van der Waals surface area contributed by atoms with Crippen molar-refractivity contribution in [3.63, 3.8) is 0 Å². The Morgan fingerprint density at radius 2 is 1.39 bits per heavy atom. The zero-order valence-electron chi connectivity index (χ0n) is 15.1. The van der Waals surface area contributed by atoms with Gasteiger partial charge in [0.2, 0.25) is 5.91 Å². The van der Waals surface area contributed by atoms with Crippen LogP contribution in [-0.4, -0.2) is 25.0 Å². The molecule has 0 aliphatic heterocycles. The molecule has 3 aromatic rings. The summed E-state index contributed by atoms with van der Waals surface area (Å²) in [6, 6.07) is 22.7.